The molecular weight excluding hydrogens is 294 g/mol. The maximum atomic E-state index is 10.9. The minimum Gasteiger partial charge on any atom is -0.497 e. The molecule has 0 aliphatic carbocycles. The Morgan fingerprint density at radius 1 is 1.09 bits per heavy atom. The molecule has 4 heteroatoms. The highest BCUT2D eigenvalue weighted by atomic mass is 32.1. The number of methoxy groups -OCH3 is 1. The van der Waals surface area contributed by atoms with Gasteiger partial charge >= 0.3 is 0 Å². The molecule has 1 atom stereocenters. The predicted molar refractivity (Wildman–Crippen MR) is 89.2 cm³/mol. The number of thiazole rings is 1. The van der Waals surface area contributed by atoms with Gasteiger partial charge in [0, 0.05) is 10.9 Å². The number of nitrogens with zero attached hydrogens (tertiary/aromatic N) is 1. The van der Waals surface area contributed by atoms with Crippen LogP contribution in [0.1, 0.15) is 17.5 Å². The largest absolute Gasteiger partial charge is 0.497 e. The first-order chi connectivity index (χ1) is 10.6. The van der Waals surface area contributed by atoms with Crippen LogP contribution in [-0.4, -0.2) is 17.2 Å². The summed E-state index contributed by atoms with van der Waals surface area (Å²) in [5.74, 6) is 0.720. The van der Waals surface area contributed by atoms with Crippen molar-refractivity contribution in [3.63, 3.8) is 0 Å². The quantitative estimate of drug-likeness (QED) is 0.789. The average molecular weight is 311 g/mol. The van der Waals surface area contributed by atoms with Gasteiger partial charge in [-0.1, -0.05) is 42.5 Å². The van der Waals surface area contributed by atoms with Crippen LogP contribution in [0.2, 0.25) is 0 Å². The molecule has 0 amide bonds. The third-order valence-corrected chi connectivity index (χ3v) is 4.68. The molecule has 0 saturated carbocycles. The molecule has 0 spiro atoms. The van der Waals surface area contributed by atoms with Crippen molar-refractivity contribution in [1.29, 1.82) is 0 Å². The maximum Gasteiger partial charge on any atom is 0.138 e. The van der Waals surface area contributed by atoms with Gasteiger partial charge in [-0.2, -0.15) is 0 Å². The lowest BCUT2D eigenvalue weighted by molar-refractivity contribution is 0.102. The van der Waals surface area contributed by atoms with Crippen LogP contribution in [0.25, 0.3) is 11.3 Å². The van der Waals surface area contributed by atoms with Crippen molar-refractivity contribution in [2.75, 3.05) is 7.11 Å². The van der Waals surface area contributed by atoms with Crippen LogP contribution >= 0.6 is 11.3 Å². The number of rotatable bonds is 4. The summed E-state index contributed by atoms with van der Waals surface area (Å²) in [6, 6.07) is 17.4. The molecule has 3 nitrogen and oxygen atoms in total. The molecule has 22 heavy (non-hydrogen) atoms. The fourth-order valence-electron chi connectivity index (χ4n) is 2.29. The van der Waals surface area contributed by atoms with Crippen LogP contribution in [0.15, 0.2) is 60.0 Å². The molecule has 0 bridgehead atoms. The molecule has 1 heterocycles. The van der Waals surface area contributed by atoms with Crippen molar-refractivity contribution >= 4 is 11.3 Å². The molecule has 2 aromatic carbocycles. The number of hydrogen-bond donors (Lipinski definition) is 1. The number of benzene rings is 2. The second-order valence-electron chi connectivity index (χ2n) is 5.21. The molecule has 0 saturated heterocycles. The molecule has 3 aromatic rings. The zero-order chi connectivity index (χ0) is 15.6. The fraction of sp³-hybridized carbons (Fsp3) is 0.167. The van der Waals surface area contributed by atoms with Gasteiger partial charge in [0.05, 0.1) is 12.8 Å². The SMILES string of the molecule is COc1cccc(C(C)(O)c2nc(-c3ccccc3)cs2)c1. The number of ether oxygens (including phenoxy) is 1. The van der Waals surface area contributed by atoms with Crippen molar-refractivity contribution in [2.45, 2.75) is 12.5 Å². The van der Waals surface area contributed by atoms with E-state index in [1.807, 2.05) is 60.0 Å². The molecule has 0 radical (unpaired) electrons. The first-order valence-electron chi connectivity index (χ1n) is 6.99. The van der Waals surface area contributed by atoms with E-state index >= 15 is 0 Å². The summed E-state index contributed by atoms with van der Waals surface area (Å²) < 4.78 is 5.23. The smallest absolute Gasteiger partial charge is 0.138 e. The van der Waals surface area contributed by atoms with Crippen molar-refractivity contribution in [3.05, 3.63) is 70.5 Å². The predicted octanol–water partition coefficient (Wildman–Crippen LogP) is 4.07. The molecule has 0 fully saturated rings. The van der Waals surface area contributed by atoms with E-state index in [0.29, 0.717) is 5.01 Å². The third kappa shape index (κ3) is 2.75. The van der Waals surface area contributed by atoms with Gasteiger partial charge in [0.2, 0.25) is 0 Å². The minimum atomic E-state index is -1.15. The molecule has 3 rings (SSSR count). The number of aromatic nitrogens is 1. The highest BCUT2D eigenvalue weighted by Crippen LogP contribution is 2.34. The lowest BCUT2D eigenvalue weighted by atomic mass is 9.96. The molecule has 112 valence electrons. The summed E-state index contributed by atoms with van der Waals surface area (Å²) in [5.41, 5.74) is 1.54. The summed E-state index contributed by atoms with van der Waals surface area (Å²) in [7, 11) is 1.62. The summed E-state index contributed by atoms with van der Waals surface area (Å²) in [6.45, 7) is 1.76. The van der Waals surface area contributed by atoms with Gasteiger partial charge in [-0.05, 0) is 24.6 Å². The third-order valence-electron chi connectivity index (χ3n) is 3.62. The standard InChI is InChI=1S/C18H17NO2S/c1-18(20,14-9-6-10-15(11-14)21-2)17-19-16(12-22-17)13-7-4-3-5-8-13/h3-12,20H,1-2H3. The first kappa shape index (κ1) is 14.8. The van der Waals surface area contributed by atoms with Gasteiger partial charge in [0.1, 0.15) is 16.4 Å². The Hall–Kier alpha value is -2.17. The van der Waals surface area contributed by atoms with E-state index in [0.717, 1.165) is 22.6 Å². The maximum absolute atomic E-state index is 10.9. The number of hydrogen-bond acceptors (Lipinski definition) is 4. The van der Waals surface area contributed by atoms with E-state index in [1.165, 1.54) is 11.3 Å². The Morgan fingerprint density at radius 2 is 1.86 bits per heavy atom. The van der Waals surface area contributed by atoms with Gasteiger partial charge in [0.25, 0.3) is 0 Å². The lowest BCUT2D eigenvalue weighted by Crippen LogP contribution is -2.22. The van der Waals surface area contributed by atoms with Gasteiger partial charge < -0.3 is 9.84 Å². The molecule has 0 aliphatic rings. The normalized spacial score (nSPS) is 13.6. The molecule has 1 aromatic heterocycles. The topological polar surface area (TPSA) is 42.4 Å². The summed E-state index contributed by atoms with van der Waals surface area (Å²) in [6.07, 6.45) is 0. The van der Waals surface area contributed by atoms with Crippen molar-refractivity contribution < 1.29 is 9.84 Å². The second-order valence-corrected chi connectivity index (χ2v) is 6.07. The highest BCUT2D eigenvalue weighted by molar-refractivity contribution is 7.10. The Balaban J connectivity index is 1.97. The van der Waals surface area contributed by atoms with Gasteiger partial charge in [-0.15, -0.1) is 11.3 Å². The van der Waals surface area contributed by atoms with Crippen LogP contribution in [0.4, 0.5) is 0 Å². The van der Waals surface area contributed by atoms with E-state index in [1.54, 1.807) is 14.0 Å². The van der Waals surface area contributed by atoms with Crippen molar-refractivity contribution in [2.24, 2.45) is 0 Å². The first-order valence-corrected chi connectivity index (χ1v) is 7.87. The van der Waals surface area contributed by atoms with E-state index < -0.39 is 5.60 Å². The summed E-state index contributed by atoms with van der Waals surface area (Å²) >= 11 is 1.46. The van der Waals surface area contributed by atoms with Gasteiger partial charge in [-0.3, -0.25) is 0 Å². The van der Waals surface area contributed by atoms with Gasteiger partial charge in [0.15, 0.2) is 0 Å². The summed E-state index contributed by atoms with van der Waals surface area (Å²) in [5, 5.41) is 13.6. The Bertz CT molecular complexity index is 766. The average Bonchev–Trinajstić information content (AvgIpc) is 3.06. The minimum absolute atomic E-state index is 0.666. The van der Waals surface area contributed by atoms with Crippen LogP contribution in [0.3, 0.4) is 0 Å². The van der Waals surface area contributed by atoms with Crippen molar-refractivity contribution in [1.82, 2.24) is 4.98 Å². The monoisotopic (exact) mass is 311 g/mol. The van der Waals surface area contributed by atoms with E-state index in [2.05, 4.69) is 4.98 Å². The zero-order valence-corrected chi connectivity index (χ0v) is 13.3. The van der Waals surface area contributed by atoms with Crippen molar-refractivity contribution in [3.8, 4) is 17.0 Å². The molecule has 0 aliphatic heterocycles. The van der Waals surface area contributed by atoms with E-state index in [9.17, 15) is 5.11 Å². The molecule has 1 unspecified atom stereocenters. The van der Waals surface area contributed by atoms with Crippen LogP contribution in [0, 0.1) is 0 Å². The lowest BCUT2D eigenvalue weighted by Gasteiger charge is -2.21. The highest BCUT2D eigenvalue weighted by Gasteiger charge is 2.29. The van der Waals surface area contributed by atoms with E-state index in [-0.39, 0.29) is 0 Å². The molecular formula is C18H17NO2S. The Morgan fingerprint density at radius 3 is 2.59 bits per heavy atom. The summed E-state index contributed by atoms with van der Waals surface area (Å²) in [4.78, 5) is 4.61. The zero-order valence-electron chi connectivity index (χ0n) is 12.5. The van der Waals surface area contributed by atoms with Crippen LogP contribution in [0.5, 0.6) is 5.75 Å². The fourth-order valence-corrected chi connectivity index (χ4v) is 3.20. The van der Waals surface area contributed by atoms with Gasteiger partial charge in [-0.25, -0.2) is 4.98 Å². The molecule has 1 N–H and O–H groups in total. The Kier molecular flexibility index (Phi) is 3.96. The number of aliphatic hydroxyl groups is 1. The van der Waals surface area contributed by atoms with Crippen LogP contribution in [-0.2, 0) is 5.60 Å². The Labute approximate surface area is 133 Å². The second kappa shape index (κ2) is 5.91. The van der Waals surface area contributed by atoms with E-state index in [4.69, 9.17) is 4.74 Å². The van der Waals surface area contributed by atoms with Crippen LogP contribution < -0.4 is 4.74 Å².